The summed E-state index contributed by atoms with van der Waals surface area (Å²) in [7, 11) is 0. The van der Waals surface area contributed by atoms with E-state index in [-0.39, 0.29) is 10.7 Å². The van der Waals surface area contributed by atoms with Crippen LogP contribution >= 0.6 is 11.6 Å². The van der Waals surface area contributed by atoms with Crippen molar-refractivity contribution in [2.45, 2.75) is 19.0 Å². The number of hydrogen-bond acceptors (Lipinski definition) is 2. The molecule has 0 saturated carbocycles. The van der Waals surface area contributed by atoms with Crippen LogP contribution in [-0.4, -0.2) is 16.3 Å². The van der Waals surface area contributed by atoms with Crippen molar-refractivity contribution >= 4 is 17.4 Å². The molecular weight excluding hydrogens is 363 g/mol. The number of aromatic nitrogens is 2. The van der Waals surface area contributed by atoms with Crippen molar-refractivity contribution in [3.8, 4) is 5.69 Å². The summed E-state index contributed by atoms with van der Waals surface area (Å²) in [5.41, 5.74) is 2.46. The zero-order valence-electron chi connectivity index (χ0n) is 13.6. The summed E-state index contributed by atoms with van der Waals surface area (Å²) in [6, 6.07) is 13.1. The van der Waals surface area contributed by atoms with Crippen molar-refractivity contribution in [1.29, 1.82) is 0 Å². The third kappa shape index (κ3) is 3.05. The Kier molecular flexibility index (Phi) is 4.15. The number of nitrogens with zero attached hydrogens (tertiary/aromatic N) is 2. The second-order valence-corrected chi connectivity index (χ2v) is 6.60. The number of rotatable bonds is 3. The molecule has 2 aromatic carbocycles. The molecule has 3 nitrogen and oxygen atoms in total. The van der Waals surface area contributed by atoms with Gasteiger partial charge in [0.25, 0.3) is 0 Å². The molecule has 0 saturated heterocycles. The Balaban J connectivity index is 1.80. The van der Waals surface area contributed by atoms with Gasteiger partial charge in [-0.2, -0.15) is 18.3 Å². The number of alkyl halides is 3. The van der Waals surface area contributed by atoms with Gasteiger partial charge >= 0.3 is 6.18 Å². The molecule has 1 aliphatic rings. The quantitative estimate of drug-likeness (QED) is 0.688. The average Bonchev–Trinajstić information content (AvgIpc) is 3.19. The van der Waals surface area contributed by atoms with Crippen molar-refractivity contribution < 1.29 is 13.2 Å². The third-order valence-electron chi connectivity index (χ3n) is 4.45. The number of fused-ring (bicyclic) bond motifs is 1. The first kappa shape index (κ1) is 17.0. The lowest BCUT2D eigenvalue weighted by Crippen LogP contribution is -2.09. The van der Waals surface area contributed by atoms with Crippen molar-refractivity contribution in [2.75, 3.05) is 11.9 Å². The van der Waals surface area contributed by atoms with Gasteiger partial charge in [-0.25, -0.2) is 4.68 Å². The summed E-state index contributed by atoms with van der Waals surface area (Å²) in [5, 5.41) is 8.03. The highest BCUT2D eigenvalue weighted by Gasteiger charge is 2.32. The van der Waals surface area contributed by atoms with Crippen LogP contribution in [0.4, 0.5) is 19.0 Å². The maximum absolute atomic E-state index is 13.1. The number of nitrogens with one attached hydrogen (secondary N) is 1. The fourth-order valence-electron chi connectivity index (χ4n) is 3.20. The Morgan fingerprint density at radius 2 is 1.88 bits per heavy atom. The molecule has 0 spiro atoms. The number of benzene rings is 2. The van der Waals surface area contributed by atoms with Gasteiger partial charge < -0.3 is 5.32 Å². The normalized spacial score (nSPS) is 13.5. The molecule has 1 aromatic heterocycles. The van der Waals surface area contributed by atoms with E-state index in [1.807, 2.05) is 30.3 Å². The molecule has 134 valence electrons. The van der Waals surface area contributed by atoms with Crippen molar-refractivity contribution in [3.63, 3.8) is 0 Å². The summed E-state index contributed by atoms with van der Waals surface area (Å²) in [5.74, 6) is 0.720. The largest absolute Gasteiger partial charge is 0.416 e. The molecule has 0 unspecified atom stereocenters. The van der Waals surface area contributed by atoms with Crippen LogP contribution in [0.3, 0.4) is 0 Å². The molecule has 0 radical (unpaired) electrons. The van der Waals surface area contributed by atoms with E-state index in [0.29, 0.717) is 6.42 Å². The monoisotopic (exact) mass is 377 g/mol. The first-order chi connectivity index (χ1) is 12.4. The summed E-state index contributed by atoms with van der Waals surface area (Å²) in [6.07, 6.45) is -3.03. The first-order valence-corrected chi connectivity index (χ1v) is 8.57. The van der Waals surface area contributed by atoms with Gasteiger partial charge in [-0.05, 0) is 30.2 Å². The van der Waals surface area contributed by atoms with Gasteiger partial charge in [-0.1, -0.05) is 41.9 Å². The number of anilines is 1. The molecule has 26 heavy (non-hydrogen) atoms. The number of halogens is 4. The zero-order valence-corrected chi connectivity index (χ0v) is 14.4. The molecule has 0 aliphatic carbocycles. The highest BCUT2D eigenvalue weighted by molar-refractivity contribution is 6.32. The van der Waals surface area contributed by atoms with E-state index in [1.165, 1.54) is 10.7 Å². The van der Waals surface area contributed by atoms with Crippen LogP contribution in [0.1, 0.15) is 22.4 Å². The molecular formula is C19H15ClF3N3. The summed E-state index contributed by atoms with van der Waals surface area (Å²) in [4.78, 5) is 0. The Morgan fingerprint density at radius 1 is 1.12 bits per heavy atom. The lowest BCUT2D eigenvalue weighted by atomic mass is 10.1. The van der Waals surface area contributed by atoms with Crippen LogP contribution in [0.15, 0.2) is 48.5 Å². The zero-order chi connectivity index (χ0) is 18.3. The Morgan fingerprint density at radius 3 is 2.62 bits per heavy atom. The first-order valence-electron chi connectivity index (χ1n) is 8.19. The average molecular weight is 378 g/mol. The molecule has 3 aromatic rings. The Hall–Kier alpha value is -2.47. The minimum Gasteiger partial charge on any atom is -0.369 e. The summed E-state index contributed by atoms with van der Waals surface area (Å²) < 4.78 is 40.8. The van der Waals surface area contributed by atoms with Gasteiger partial charge in [0, 0.05) is 18.5 Å². The third-order valence-corrected chi connectivity index (χ3v) is 4.77. The van der Waals surface area contributed by atoms with Crippen LogP contribution in [-0.2, 0) is 19.0 Å². The standard InChI is InChI=1S/C19H15ClF3N3/c20-15-7-6-13(19(21,22)23)11-17(15)26-18-14(8-9-24-18)16(25-26)10-12-4-2-1-3-5-12/h1-7,11,24H,8-10H2. The van der Waals surface area contributed by atoms with E-state index >= 15 is 0 Å². The maximum atomic E-state index is 13.1. The van der Waals surface area contributed by atoms with Crippen LogP contribution in [0.5, 0.6) is 0 Å². The van der Waals surface area contributed by atoms with E-state index in [4.69, 9.17) is 11.6 Å². The molecule has 0 bridgehead atoms. The van der Waals surface area contributed by atoms with Gasteiger partial charge in [-0.3, -0.25) is 0 Å². The highest BCUT2D eigenvalue weighted by Crippen LogP contribution is 2.36. The van der Waals surface area contributed by atoms with E-state index in [0.717, 1.165) is 47.7 Å². The second-order valence-electron chi connectivity index (χ2n) is 6.19. The smallest absolute Gasteiger partial charge is 0.369 e. The predicted octanol–water partition coefficient (Wildman–Crippen LogP) is 5.10. The van der Waals surface area contributed by atoms with Gasteiger partial charge in [0.15, 0.2) is 0 Å². The van der Waals surface area contributed by atoms with Gasteiger partial charge in [-0.15, -0.1) is 0 Å². The molecule has 1 N–H and O–H groups in total. The van der Waals surface area contributed by atoms with Crippen molar-refractivity contribution in [2.24, 2.45) is 0 Å². The van der Waals surface area contributed by atoms with Crippen LogP contribution in [0.25, 0.3) is 5.69 Å². The minimum absolute atomic E-state index is 0.225. The summed E-state index contributed by atoms with van der Waals surface area (Å²) >= 11 is 6.20. The Bertz CT molecular complexity index is 949. The molecule has 0 amide bonds. The van der Waals surface area contributed by atoms with Gasteiger partial charge in [0.2, 0.25) is 0 Å². The van der Waals surface area contributed by atoms with Gasteiger partial charge in [0.1, 0.15) is 5.82 Å². The van der Waals surface area contributed by atoms with E-state index in [1.54, 1.807) is 0 Å². The molecule has 7 heteroatoms. The molecule has 0 fully saturated rings. The topological polar surface area (TPSA) is 29.9 Å². The summed E-state index contributed by atoms with van der Waals surface area (Å²) in [6.45, 7) is 0.728. The minimum atomic E-state index is -4.43. The predicted molar refractivity (Wildman–Crippen MR) is 95.0 cm³/mol. The highest BCUT2D eigenvalue weighted by atomic mass is 35.5. The fraction of sp³-hybridized carbons (Fsp3) is 0.211. The number of hydrogen-bond donors (Lipinski definition) is 1. The molecule has 4 rings (SSSR count). The van der Waals surface area contributed by atoms with E-state index in [2.05, 4.69) is 10.4 Å². The van der Waals surface area contributed by atoms with E-state index < -0.39 is 11.7 Å². The maximum Gasteiger partial charge on any atom is 0.416 e. The Labute approximate surface area is 153 Å². The van der Waals surface area contributed by atoms with Crippen molar-refractivity contribution in [3.05, 3.63) is 75.9 Å². The fourth-order valence-corrected chi connectivity index (χ4v) is 3.40. The van der Waals surface area contributed by atoms with Crippen LogP contribution < -0.4 is 5.32 Å². The van der Waals surface area contributed by atoms with Crippen LogP contribution in [0.2, 0.25) is 5.02 Å². The SMILES string of the molecule is FC(F)(F)c1ccc(Cl)c(-n2nc(Cc3ccccc3)c3c2NCC3)c1. The molecule has 1 aliphatic heterocycles. The van der Waals surface area contributed by atoms with Crippen LogP contribution in [0, 0.1) is 0 Å². The van der Waals surface area contributed by atoms with Gasteiger partial charge in [0.05, 0.1) is 22.0 Å². The van der Waals surface area contributed by atoms with Crippen molar-refractivity contribution in [1.82, 2.24) is 9.78 Å². The molecule has 0 atom stereocenters. The lowest BCUT2D eigenvalue weighted by molar-refractivity contribution is -0.137. The van der Waals surface area contributed by atoms with E-state index in [9.17, 15) is 13.2 Å². The molecule has 2 heterocycles. The second kappa shape index (κ2) is 6.36. The lowest BCUT2D eigenvalue weighted by Gasteiger charge is -2.12.